The first-order valence-corrected chi connectivity index (χ1v) is 9.05. The van der Waals surface area contributed by atoms with Crippen molar-refractivity contribution >= 4 is 46.0 Å². The highest BCUT2D eigenvalue weighted by molar-refractivity contribution is 7.85. The van der Waals surface area contributed by atoms with Gasteiger partial charge in [0.25, 0.3) is 0 Å². The smallest absolute Gasteiger partial charge is 0.0910 e. The summed E-state index contributed by atoms with van der Waals surface area (Å²) >= 11 is 12.4. The molecule has 23 heavy (non-hydrogen) atoms. The third kappa shape index (κ3) is 4.34. The maximum atomic E-state index is 12.8. The van der Waals surface area contributed by atoms with Crippen LogP contribution < -0.4 is 0 Å². The zero-order valence-corrected chi connectivity index (χ0v) is 15.5. The van der Waals surface area contributed by atoms with E-state index in [2.05, 4.69) is 4.99 Å². The van der Waals surface area contributed by atoms with Crippen LogP contribution in [0.3, 0.4) is 0 Å². The molecule has 0 heterocycles. The molecule has 0 aliphatic rings. The summed E-state index contributed by atoms with van der Waals surface area (Å²) in [6.07, 6.45) is 1.73. The van der Waals surface area contributed by atoms with E-state index in [1.165, 1.54) is 0 Å². The van der Waals surface area contributed by atoms with Crippen molar-refractivity contribution in [2.24, 2.45) is 4.99 Å². The van der Waals surface area contributed by atoms with Crippen LogP contribution in [-0.4, -0.2) is 29.0 Å². The minimum atomic E-state index is -1.38. The normalized spacial score (nSPS) is 12.6. The van der Waals surface area contributed by atoms with E-state index < -0.39 is 10.8 Å². The third-order valence-corrected chi connectivity index (χ3v) is 5.71. The number of aliphatic imine (C=N–C) groups is 1. The van der Waals surface area contributed by atoms with E-state index in [4.69, 9.17) is 23.2 Å². The van der Waals surface area contributed by atoms with Gasteiger partial charge in [0.1, 0.15) is 0 Å². The van der Waals surface area contributed by atoms with Gasteiger partial charge in [-0.1, -0.05) is 35.3 Å². The van der Waals surface area contributed by atoms with Crippen molar-refractivity contribution in [1.29, 1.82) is 0 Å². The quantitative estimate of drug-likeness (QED) is 0.544. The van der Waals surface area contributed by atoms with Crippen LogP contribution in [0.4, 0.5) is 5.69 Å². The molecule has 0 fully saturated rings. The summed E-state index contributed by atoms with van der Waals surface area (Å²) in [5, 5.41) is 0.944. The van der Waals surface area contributed by atoms with Crippen LogP contribution >= 0.6 is 23.2 Å². The summed E-state index contributed by atoms with van der Waals surface area (Å²) in [6, 6.07) is 10.7. The van der Waals surface area contributed by atoms with Gasteiger partial charge in [0, 0.05) is 18.5 Å². The van der Waals surface area contributed by atoms with E-state index in [1.807, 2.05) is 44.0 Å². The summed E-state index contributed by atoms with van der Waals surface area (Å²) in [5.74, 6) is 0. The number of aryl methyl sites for hydroxylation is 1. The Labute approximate surface area is 149 Å². The Morgan fingerprint density at radius 1 is 1.17 bits per heavy atom. The van der Waals surface area contributed by atoms with Crippen molar-refractivity contribution in [1.82, 2.24) is 4.90 Å². The predicted molar refractivity (Wildman–Crippen MR) is 98.8 cm³/mol. The maximum absolute atomic E-state index is 12.8. The topological polar surface area (TPSA) is 32.7 Å². The van der Waals surface area contributed by atoms with Crippen molar-refractivity contribution in [3.63, 3.8) is 0 Å². The molecule has 0 aliphatic carbocycles. The molecule has 1 unspecified atom stereocenters. The molecule has 0 bridgehead atoms. The number of rotatable bonds is 5. The molecular formula is C17H18Cl2N2OS. The number of halogens is 2. The second-order valence-electron chi connectivity index (χ2n) is 5.09. The van der Waals surface area contributed by atoms with Crippen molar-refractivity contribution in [2.45, 2.75) is 23.6 Å². The fourth-order valence-corrected chi connectivity index (χ4v) is 3.79. The van der Waals surface area contributed by atoms with E-state index in [-0.39, 0.29) is 0 Å². The van der Waals surface area contributed by atoms with E-state index >= 15 is 0 Å². The predicted octanol–water partition coefficient (Wildman–Crippen LogP) is 5.08. The Morgan fingerprint density at radius 3 is 2.52 bits per heavy atom. The maximum Gasteiger partial charge on any atom is 0.0910 e. The molecule has 2 aromatic carbocycles. The van der Waals surface area contributed by atoms with Crippen LogP contribution in [0.25, 0.3) is 0 Å². The molecule has 0 saturated carbocycles. The van der Waals surface area contributed by atoms with Crippen LogP contribution in [0.5, 0.6) is 0 Å². The Morgan fingerprint density at radius 2 is 1.87 bits per heavy atom. The van der Waals surface area contributed by atoms with Crippen LogP contribution in [0.1, 0.15) is 12.5 Å². The molecule has 0 radical (unpaired) electrons. The second kappa shape index (κ2) is 7.95. The molecule has 0 amide bonds. The highest BCUT2D eigenvalue weighted by Gasteiger charge is 2.15. The minimum absolute atomic E-state index is 0.465. The molecular weight excluding hydrogens is 351 g/mol. The summed E-state index contributed by atoms with van der Waals surface area (Å²) in [5.41, 5.74) is 1.52. The molecule has 0 N–H and O–H groups in total. The average Bonchev–Trinajstić information content (AvgIpc) is 2.54. The molecule has 3 nitrogen and oxygen atoms in total. The van der Waals surface area contributed by atoms with E-state index in [0.717, 1.165) is 12.1 Å². The van der Waals surface area contributed by atoms with Gasteiger partial charge in [-0.05, 0) is 43.7 Å². The molecule has 6 heteroatoms. The Kier molecular flexibility index (Phi) is 6.22. The molecule has 0 spiro atoms. The standard InChI is InChI=1S/C17H18Cl2N2OS/c1-4-21(3)11-20-15-9-12(2)17(10-14(15)19)23(22)16-8-6-5-7-13(16)18/h5-11H,4H2,1-3H3. The fourth-order valence-electron chi connectivity index (χ4n) is 1.90. The van der Waals surface area contributed by atoms with Gasteiger partial charge < -0.3 is 4.90 Å². The Bertz CT molecular complexity index is 762. The molecule has 0 aliphatic heterocycles. The summed E-state index contributed by atoms with van der Waals surface area (Å²) in [4.78, 5) is 7.54. The zero-order valence-electron chi connectivity index (χ0n) is 13.2. The van der Waals surface area contributed by atoms with Gasteiger partial charge >= 0.3 is 0 Å². The summed E-state index contributed by atoms with van der Waals surface area (Å²) < 4.78 is 12.8. The van der Waals surface area contributed by atoms with Gasteiger partial charge in [0.2, 0.25) is 0 Å². The van der Waals surface area contributed by atoms with Crippen LogP contribution in [0.15, 0.2) is 51.2 Å². The summed E-state index contributed by atoms with van der Waals surface area (Å²) in [6.45, 7) is 4.78. The molecule has 1 atom stereocenters. The zero-order chi connectivity index (χ0) is 17.0. The van der Waals surface area contributed by atoms with Crippen molar-refractivity contribution in [3.05, 3.63) is 52.0 Å². The molecule has 2 rings (SSSR count). The number of benzene rings is 2. The van der Waals surface area contributed by atoms with Gasteiger partial charge in [-0.3, -0.25) is 0 Å². The van der Waals surface area contributed by atoms with Gasteiger partial charge in [-0.25, -0.2) is 9.20 Å². The van der Waals surface area contributed by atoms with Crippen molar-refractivity contribution in [2.75, 3.05) is 13.6 Å². The number of nitrogens with zero attached hydrogens (tertiary/aromatic N) is 2. The lowest BCUT2D eigenvalue weighted by molar-refractivity contribution is 0.552. The minimum Gasteiger partial charge on any atom is -0.366 e. The summed E-state index contributed by atoms with van der Waals surface area (Å²) in [7, 11) is 0.554. The molecule has 0 aromatic heterocycles. The van der Waals surface area contributed by atoms with Crippen LogP contribution in [0, 0.1) is 6.92 Å². The van der Waals surface area contributed by atoms with Crippen LogP contribution in [0.2, 0.25) is 10.0 Å². The molecule has 2 aromatic rings. The highest BCUT2D eigenvalue weighted by atomic mass is 35.5. The van der Waals surface area contributed by atoms with E-state index in [0.29, 0.717) is 25.5 Å². The number of hydrogen-bond donors (Lipinski definition) is 0. The first kappa shape index (κ1) is 18.0. The number of hydrogen-bond acceptors (Lipinski definition) is 2. The lowest BCUT2D eigenvalue weighted by Crippen LogP contribution is -2.14. The first-order chi connectivity index (χ1) is 10.9. The highest BCUT2D eigenvalue weighted by Crippen LogP contribution is 2.33. The molecule has 0 saturated heterocycles. The van der Waals surface area contributed by atoms with Gasteiger partial charge in [0.15, 0.2) is 0 Å². The third-order valence-electron chi connectivity index (χ3n) is 3.37. The van der Waals surface area contributed by atoms with Gasteiger partial charge in [-0.15, -0.1) is 0 Å². The Balaban J connectivity index is 2.39. The van der Waals surface area contributed by atoms with Gasteiger partial charge in [0.05, 0.1) is 37.8 Å². The molecule has 122 valence electrons. The monoisotopic (exact) mass is 368 g/mol. The SMILES string of the molecule is CCN(C)C=Nc1cc(C)c(S(=O)c2ccccc2Cl)cc1Cl. The van der Waals surface area contributed by atoms with E-state index in [1.54, 1.807) is 24.5 Å². The lowest BCUT2D eigenvalue weighted by Gasteiger charge is -2.11. The first-order valence-electron chi connectivity index (χ1n) is 7.15. The fraction of sp³-hybridized carbons (Fsp3) is 0.235. The van der Waals surface area contributed by atoms with Crippen molar-refractivity contribution in [3.8, 4) is 0 Å². The Hall–Kier alpha value is -1.36. The lowest BCUT2D eigenvalue weighted by atomic mass is 10.2. The average molecular weight is 369 g/mol. The largest absolute Gasteiger partial charge is 0.366 e. The van der Waals surface area contributed by atoms with Crippen LogP contribution in [-0.2, 0) is 10.8 Å². The van der Waals surface area contributed by atoms with Crippen molar-refractivity contribution < 1.29 is 4.21 Å². The van der Waals surface area contributed by atoms with E-state index in [9.17, 15) is 4.21 Å². The second-order valence-corrected chi connectivity index (χ2v) is 7.32. The van der Waals surface area contributed by atoms with Gasteiger partial charge in [-0.2, -0.15) is 0 Å².